The molecule has 104 valence electrons. The molecule has 1 aromatic carbocycles. The number of hydrogen-bond acceptors (Lipinski definition) is 4. The Balaban J connectivity index is 0.000000141. The van der Waals surface area contributed by atoms with E-state index in [0.29, 0.717) is 5.41 Å². The van der Waals surface area contributed by atoms with E-state index >= 15 is 0 Å². The van der Waals surface area contributed by atoms with E-state index in [0.717, 1.165) is 13.1 Å². The van der Waals surface area contributed by atoms with E-state index in [1.165, 1.54) is 38.1 Å². The van der Waals surface area contributed by atoms with Gasteiger partial charge >= 0.3 is 5.97 Å². The van der Waals surface area contributed by atoms with Crippen LogP contribution in [0.4, 0.5) is 0 Å². The molecule has 1 aliphatic heterocycles. The van der Waals surface area contributed by atoms with Gasteiger partial charge in [0.15, 0.2) is 0 Å². The number of aromatic hydroxyl groups is 1. The van der Waals surface area contributed by atoms with Crippen LogP contribution in [0.25, 0.3) is 0 Å². The summed E-state index contributed by atoms with van der Waals surface area (Å²) in [6, 6.07) is 5.81. The molecular formula is C14H20N2O3. The van der Waals surface area contributed by atoms with Crippen molar-refractivity contribution in [1.82, 2.24) is 10.6 Å². The second-order valence-corrected chi connectivity index (χ2v) is 5.18. The van der Waals surface area contributed by atoms with Crippen molar-refractivity contribution in [1.29, 1.82) is 0 Å². The Morgan fingerprint density at radius 1 is 1.11 bits per heavy atom. The molecule has 5 nitrogen and oxygen atoms in total. The third kappa shape index (κ3) is 3.94. The van der Waals surface area contributed by atoms with Crippen molar-refractivity contribution in [2.45, 2.75) is 12.8 Å². The number of benzene rings is 1. The van der Waals surface area contributed by atoms with E-state index in [-0.39, 0.29) is 11.3 Å². The standard InChI is InChI=1S/C7H14N2.C7H6O3/c1-2-7(1)5-8-3-4-9-6-7;8-6-4-2-1-3-5(6)7(9)10/h8-9H,1-6H2;1-4,8H,(H,9,10). The van der Waals surface area contributed by atoms with Gasteiger partial charge in [-0.05, 0) is 30.4 Å². The number of aromatic carboxylic acids is 1. The van der Waals surface area contributed by atoms with E-state index in [1.807, 2.05) is 0 Å². The maximum absolute atomic E-state index is 10.3. The summed E-state index contributed by atoms with van der Waals surface area (Å²) in [7, 11) is 0. The Kier molecular flexibility index (Phi) is 4.39. The number of hydrogen-bond donors (Lipinski definition) is 4. The van der Waals surface area contributed by atoms with Gasteiger partial charge in [-0.1, -0.05) is 12.1 Å². The minimum atomic E-state index is -1.11. The molecule has 0 amide bonds. The Bertz CT molecular complexity index is 434. The van der Waals surface area contributed by atoms with Crippen molar-refractivity contribution in [2.24, 2.45) is 5.41 Å². The van der Waals surface area contributed by atoms with Gasteiger partial charge in [-0.2, -0.15) is 0 Å². The molecule has 1 aromatic rings. The summed E-state index contributed by atoms with van der Waals surface area (Å²) in [5.41, 5.74) is 0.624. The molecule has 1 saturated heterocycles. The zero-order chi connectivity index (χ0) is 13.7. The Labute approximate surface area is 112 Å². The van der Waals surface area contributed by atoms with Crippen molar-refractivity contribution in [3.63, 3.8) is 0 Å². The Morgan fingerprint density at radius 3 is 2.11 bits per heavy atom. The number of phenols is 1. The summed E-state index contributed by atoms with van der Waals surface area (Å²) in [4.78, 5) is 10.3. The minimum absolute atomic E-state index is 0.0671. The summed E-state index contributed by atoms with van der Waals surface area (Å²) >= 11 is 0. The van der Waals surface area contributed by atoms with E-state index in [1.54, 1.807) is 12.1 Å². The number of carboxylic acids is 1. The van der Waals surface area contributed by atoms with E-state index in [2.05, 4.69) is 10.6 Å². The second-order valence-electron chi connectivity index (χ2n) is 5.18. The monoisotopic (exact) mass is 264 g/mol. The van der Waals surface area contributed by atoms with Gasteiger partial charge in [0.25, 0.3) is 0 Å². The number of carboxylic acid groups (broad SMARTS) is 1. The van der Waals surface area contributed by atoms with Crippen LogP contribution >= 0.6 is 0 Å². The van der Waals surface area contributed by atoms with Gasteiger partial charge in [-0.15, -0.1) is 0 Å². The molecule has 0 unspecified atom stereocenters. The fourth-order valence-electron chi connectivity index (χ4n) is 2.13. The lowest BCUT2D eigenvalue weighted by molar-refractivity contribution is 0.0694. The summed E-state index contributed by atoms with van der Waals surface area (Å²) in [6.45, 7) is 4.81. The van der Waals surface area contributed by atoms with Crippen molar-refractivity contribution in [3.8, 4) is 5.75 Å². The van der Waals surface area contributed by atoms with Crippen LogP contribution in [0, 0.1) is 5.41 Å². The zero-order valence-corrected chi connectivity index (χ0v) is 10.9. The second kappa shape index (κ2) is 6.04. The van der Waals surface area contributed by atoms with Gasteiger partial charge in [-0.25, -0.2) is 4.79 Å². The molecule has 4 N–H and O–H groups in total. The third-order valence-electron chi connectivity index (χ3n) is 3.57. The molecular weight excluding hydrogens is 244 g/mol. The first-order valence-corrected chi connectivity index (χ1v) is 6.56. The fraction of sp³-hybridized carbons (Fsp3) is 0.500. The van der Waals surface area contributed by atoms with Crippen LogP contribution in [0.3, 0.4) is 0 Å². The minimum Gasteiger partial charge on any atom is -0.507 e. The molecule has 1 spiro atoms. The summed E-state index contributed by atoms with van der Waals surface area (Å²) in [5.74, 6) is -1.31. The lowest BCUT2D eigenvalue weighted by atomic mass is 10.1. The quantitative estimate of drug-likeness (QED) is 0.609. The van der Waals surface area contributed by atoms with Crippen molar-refractivity contribution in [3.05, 3.63) is 29.8 Å². The van der Waals surface area contributed by atoms with Crippen LogP contribution in [0.1, 0.15) is 23.2 Å². The smallest absolute Gasteiger partial charge is 0.339 e. The molecule has 2 aliphatic rings. The van der Waals surface area contributed by atoms with Crippen LogP contribution in [-0.4, -0.2) is 42.4 Å². The van der Waals surface area contributed by atoms with Crippen LogP contribution in [0.2, 0.25) is 0 Å². The Hall–Kier alpha value is -1.59. The van der Waals surface area contributed by atoms with Crippen molar-refractivity contribution >= 4 is 5.97 Å². The lowest BCUT2D eigenvalue weighted by Crippen LogP contribution is -2.24. The van der Waals surface area contributed by atoms with Crippen molar-refractivity contribution < 1.29 is 15.0 Å². The number of carbonyl (C=O) groups is 1. The van der Waals surface area contributed by atoms with Crippen molar-refractivity contribution in [2.75, 3.05) is 26.2 Å². The predicted molar refractivity (Wildman–Crippen MR) is 72.5 cm³/mol. The number of rotatable bonds is 1. The van der Waals surface area contributed by atoms with Crippen LogP contribution < -0.4 is 10.6 Å². The third-order valence-corrected chi connectivity index (χ3v) is 3.57. The molecule has 0 radical (unpaired) electrons. The molecule has 0 bridgehead atoms. The first kappa shape index (κ1) is 13.8. The van der Waals surface area contributed by atoms with E-state index in [4.69, 9.17) is 10.2 Å². The van der Waals surface area contributed by atoms with Gasteiger partial charge in [0.05, 0.1) is 0 Å². The molecule has 0 atom stereocenters. The summed E-state index contributed by atoms with van der Waals surface area (Å²) in [6.07, 6.45) is 2.88. The largest absolute Gasteiger partial charge is 0.507 e. The van der Waals surface area contributed by atoms with Gasteiger partial charge in [-0.3, -0.25) is 0 Å². The highest BCUT2D eigenvalue weighted by molar-refractivity contribution is 5.90. The molecule has 1 aliphatic carbocycles. The van der Waals surface area contributed by atoms with E-state index in [9.17, 15) is 4.79 Å². The fourth-order valence-corrected chi connectivity index (χ4v) is 2.13. The van der Waals surface area contributed by atoms with E-state index < -0.39 is 5.97 Å². The first-order chi connectivity index (χ1) is 9.13. The van der Waals surface area contributed by atoms with Crippen LogP contribution in [-0.2, 0) is 0 Å². The topological polar surface area (TPSA) is 81.6 Å². The normalized spacial score (nSPS) is 20.0. The average molecular weight is 264 g/mol. The number of para-hydroxylation sites is 1. The first-order valence-electron chi connectivity index (χ1n) is 6.56. The number of nitrogens with one attached hydrogen (secondary N) is 2. The summed E-state index contributed by atoms with van der Waals surface area (Å²) < 4.78 is 0. The molecule has 0 aromatic heterocycles. The molecule has 3 rings (SSSR count). The van der Waals surface area contributed by atoms with Gasteiger partial charge < -0.3 is 20.8 Å². The highest BCUT2D eigenvalue weighted by atomic mass is 16.4. The predicted octanol–water partition coefficient (Wildman–Crippen LogP) is 1.05. The van der Waals surface area contributed by atoms with Gasteiger partial charge in [0.2, 0.25) is 0 Å². The van der Waals surface area contributed by atoms with Crippen LogP contribution in [0.5, 0.6) is 5.75 Å². The molecule has 5 heteroatoms. The summed E-state index contributed by atoms with van der Waals surface area (Å²) in [5, 5.41) is 24.2. The molecule has 1 heterocycles. The molecule has 2 fully saturated rings. The molecule has 1 saturated carbocycles. The lowest BCUT2D eigenvalue weighted by Gasteiger charge is -2.09. The van der Waals surface area contributed by atoms with Crippen LogP contribution in [0.15, 0.2) is 24.3 Å². The average Bonchev–Trinajstić information content (AvgIpc) is 3.19. The maximum Gasteiger partial charge on any atom is 0.339 e. The Morgan fingerprint density at radius 2 is 1.68 bits per heavy atom. The molecule has 19 heavy (non-hydrogen) atoms. The maximum atomic E-state index is 10.3. The van der Waals surface area contributed by atoms with Gasteiger partial charge in [0, 0.05) is 26.2 Å². The van der Waals surface area contributed by atoms with Gasteiger partial charge in [0.1, 0.15) is 11.3 Å². The highest BCUT2D eigenvalue weighted by Crippen LogP contribution is 2.44. The SMILES string of the molecule is C1CNCC2(CC2)CN1.O=C(O)c1ccccc1O. The zero-order valence-electron chi connectivity index (χ0n) is 10.9. The highest BCUT2D eigenvalue weighted by Gasteiger charge is 2.42.